The summed E-state index contributed by atoms with van der Waals surface area (Å²) in [5.74, 6) is -0.434. The molecule has 0 amide bonds. The average Bonchev–Trinajstić information content (AvgIpc) is 1.96. The number of esters is 1. The fourth-order valence-corrected chi connectivity index (χ4v) is 0.904. The van der Waals surface area contributed by atoms with Crippen LogP contribution >= 0.6 is 11.6 Å². The molecule has 11 heavy (non-hydrogen) atoms. The van der Waals surface area contributed by atoms with Crippen molar-refractivity contribution in [2.45, 2.75) is 6.92 Å². The molecule has 64 valence electrons. The van der Waals surface area contributed by atoms with Crippen LogP contribution in [0, 0.1) is 5.41 Å². The molecule has 0 aromatic heterocycles. The summed E-state index contributed by atoms with van der Waals surface area (Å²) in [5, 5.41) is 0. The fraction of sp³-hybridized carbons (Fsp3) is 0.857. The molecular weight excluding hydrogens is 168 g/mol. The standard InChI is InChI=1S/C7H11ClO3/c1-7(3-10-4-7)5-11-6(9)2-8/h2-5H2,1H3. The minimum atomic E-state index is -0.361. The molecule has 0 aromatic carbocycles. The second-order valence-electron chi connectivity index (χ2n) is 3.10. The third kappa shape index (κ3) is 2.34. The highest BCUT2D eigenvalue weighted by Gasteiger charge is 2.34. The summed E-state index contributed by atoms with van der Waals surface area (Å²) in [7, 11) is 0. The van der Waals surface area contributed by atoms with Gasteiger partial charge in [-0.25, -0.2) is 0 Å². The third-order valence-electron chi connectivity index (χ3n) is 1.59. The van der Waals surface area contributed by atoms with Gasteiger partial charge in [0.15, 0.2) is 0 Å². The van der Waals surface area contributed by atoms with Gasteiger partial charge in [0.25, 0.3) is 0 Å². The first-order valence-corrected chi connectivity index (χ1v) is 3.99. The number of hydrogen-bond donors (Lipinski definition) is 0. The van der Waals surface area contributed by atoms with Gasteiger partial charge < -0.3 is 9.47 Å². The van der Waals surface area contributed by atoms with Gasteiger partial charge in [0, 0.05) is 5.41 Å². The van der Waals surface area contributed by atoms with Crippen molar-refractivity contribution in [3.05, 3.63) is 0 Å². The Labute approximate surface area is 70.6 Å². The number of carbonyl (C=O) groups is 1. The summed E-state index contributed by atoms with van der Waals surface area (Å²) in [5.41, 5.74) is 0.0295. The SMILES string of the molecule is CC1(COC(=O)CCl)COC1. The first kappa shape index (κ1) is 8.81. The monoisotopic (exact) mass is 178 g/mol. The van der Waals surface area contributed by atoms with Crippen molar-refractivity contribution in [3.63, 3.8) is 0 Å². The van der Waals surface area contributed by atoms with E-state index in [0.29, 0.717) is 19.8 Å². The van der Waals surface area contributed by atoms with E-state index in [9.17, 15) is 4.79 Å². The number of ether oxygens (including phenoxy) is 2. The molecule has 0 atom stereocenters. The lowest BCUT2D eigenvalue weighted by Crippen LogP contribution is -2.44. The lowest BCUT2D eigenvalue weighted by molar-refractivity contribution is -0.162. The second kappa shape index (κ2) is 3.41. The number of hydrogen-bond acceptors (Lipinski definition) is 3. The van der Waals surface area contributed by atoms with Crippen molar-refractivity contribution in [2.75, 3.05) is 25.7 Å². The van der Waals surface area contributed by atoms with Crippen molar-refractivity contribution in [3.8, 4) is 0 Å². The predicted octanol–water partition coefficient (Wildman–Crippen LogP) is 0.805. The third-order valence-corrected chi connectivity index (χ3v) is 1.81. The zero-order valence-corrected chi connectivity index (χ0v) is 7.19. The largest absolute Gasteiger partial charge is 0.464 e. The Bertz CT molecular complexity index is 154. The van der Waals surface area contributed by atoms with E-state index in [4.69, 9.17) is 21.1 Å². The molecule has 0 aliphatic carbocycles. The van der Waals surface area contributed by atoms with Gasteiger partial charge in [0.2, 0.25) is 0 Å². The van der Waals surface area contributed by atoms with Gasteiger partial charge in [-0.1, -0.05) is 6.92 Å². The number of carbonyl (C=O) groups excluding carboxylic acids is 1. The van der Waals surface area contributed by atoms with E-state index in [-0.39, 0.29) is 17.3 Å². The number of rotatable bonds is 3. The van der Waals surface area contributed by atoms with Crippen LogP contribution in [-0.2, 0) is 14.3 Å². The van der Waals surface area contributed by atoms with Gasteiger partial charge in [-0.2, -0.15) is 0 Å². The van der Waals surface area contributed by atoms with E-state index in [1.165, 1.54) is 0 Å². The second-order valence-corrected chi connectivity index (χ2v) is 3.37. The molecule has 1 aliphatic heterocycles. The van der Waals surface area contributed by atoms with Crippen molar-refractivity contribution in [2.24, 2.45) is 5.41 Å². The van der Waals surface area contributed by atoms with Crippen molar-refractivity contribution >= 4 is 17.6 Å². The summed E-state index contributed by atoms with van der Waals surface area (Å²) in [6, 6.07) is 0. The molecule has 0 aromatic rings. The molecule has 1 heterocycles. The molecule has 1 saturated heterocycles. The van der Waals surface area contributed by atoms with E-state index in [1.807, 2.05) is 6.92 Å². The first-order chi connectivity index (χ1) is 5.16. The molecule has 0 spiro atoms. The summed E-state index contributed by atoms with van der Waals surface area (Å²) in [6.07, 6.45) is 0. The van der Waals surface area contributed by atoms with E-state index in [2.05, 4.69) is 0 Å². The minimum Gasteiger partial charge on any atom is -0.464 e. The van der Waals surface area contributed by atoms with Gasteiger partial charge >= 0.3 is 5.97 Å². The highest BCUT2D eigenvalue weighted by atomic mass is 35.5. The van der Waals surface area contributed by atoms with Crippen molar-refractivity contribution in [1.29, 1.82) is 0 Å². The fourth-order valence-electron chi connectivity index (χ4n) is 0.827. The van der Waals surface area contributed by atoms with Crippen LogP contribution < -0.4 is 0 Å². The zero-order chi connectivity index (χ0) is 8.32. The molecular formula is C7H11ClO3. The van der Waals surface area contributed by atoms with Crippen molar-refractivity contribution < 1.29 is 14.3 Å². The molecule has 0 radical (unpaired) electrons. The van der Waals surface area contributed by atoms with Crippen LogP contribution in [0.4, 0.5) is 0 Å². The highest BCUT2D eigenvalue weighted by molar-refractivity contribution is 6.26. The normalized spacial score (nSPS) is 20.5. The Hall–Kier alpha value is -0.280. The molecule has 3 nitrogen and oxygen atoms in total. The lowest BCUT2D eigenvalue weighted by Gasteiger charge is -2.37. The number of halogens is 1. The molecule has 0 bridgehead atoms. The van der Waals surface area contributed by atoms with Crippen LogP contribution in [0.25, 0.3) is 0 Å². The molecule has 1 rings (SSSR count). The lowest BCUT2D eigenvalue weighted by atomic mass is 9.90. The van der Waals surface area contributed by atoms with Gasteiger partial charge in [-0.05, 0) is 0 Å². The average molecular weight is 179 g/mol. The van der Waals surface area contributed by atoms with Crippen LogP contribution in [-0.4, -0.2) is 31.7 Å². The minimum absolute atomic E-state index is 0.0295. The smallest absolute Gasteiger partial charge is 0.320 e. The Morgan fingerprint density at radius 1 is 1.73 bits per heavy atom. The molecule has 1 aliphatic rings. The van der Waals surface area contributed by atoms with E-state index >= 15 is 0 Å². The molecule has 0 saturated carbocycles. The molecule has 4 heteroatoms. The van der Waals surface area contributed by atoms with Crippen LogP contribution in [0.3, 0.4) is 0 Å². The zero-order valence-electron chi connectivity index (χ0n) is 6.43. The first-order valence-electron chi connectivity index (χ1n) is 3.46. The number of alkyl halides is 1. The van der Waals surface area contributed by atoms with Gasteiger partial charge in [-0.3, -0.25) is 4.79 Å². The molecule has 1 fully saturated rings. The van der Waals surface area contributed by atoms with Crippen LogP contribution in [0.5, 0.6) is 0 Å². The maximum atomic E-state index is 10.6. The van der Waals surface area contributed by atoms with Crippen LogP contribution in [0.15, 0.2) is 0 Å². The summed E-state index contributed by atoms with van der Waals surface area (Å²) in [4.78, 5) is 10.6. The highest BCUT2D eigenvalue weighted by Crippen LogP contribution is 2.26. The maximum absolute atomic E-state index is 10.6. The Morgan fingerprint density at radius 3 is 2.73 bits per heavy atom. The van der Waals surface area contributed by atoms with Gasteiger partial charge in [0.05, 0.1) is 13.2 Å². The van der Waals surface area contributed by atoms with E-state index < -0.39 is 0 Å². The van der Waals surface area contributed by atoms with Gasteiger partial charge in [0.1, 0.15) is 12.5 Å². The molecule has 0 N–H and O–H groups in total. The van der Waals surface area contributed by atoms with Crippen LogP contribution in [0.2, 0.25) is 0 Å². The topological polar surface area (TPSA) is 35.5 Å². The maximum Gasteiger partial charge on any atom is 0.320 e. The summed E-state index contributed by atoms with van der Waals surface area (Å²) in [6.45, 7) is 3.77. The van der Waals surface area contributed by atoms with Gasteiger partial charge in [-0.15, -0.1) is 11.6 Å². The Kier molecular flexibility index (Phi) is 2.73. The Balaban J connectivity index is 2.16. The summed E-state index contributed by atoms with van der Waals surface area (Å²) >= 11 is 5.24. The van der Waals surface area contributed by atoms with Crippen molar-refractivity contribution in [1.82, 2.24) is 0 Å². The summed E-state index contributed by atoms with van der Waals surface area (Å²) < 4.78 is 9.83. The van der Waals surface area contributed by atoms with Crippen LogP contribution in [0.1, 0.15) is 6.92 Å². The van der Waals surface area contributed by atoms with E-state index in [0.717, 1.165) is 0 Å². The Morgan fingerprint density at radius 2 is 2.36 bits per heavy atom. The van der Waals surface area contributed by atoms with E-state index in [1.54, 1.807) is 0 Å². The molecule has 0 unspecified atom stereocenters. The predicted molar refractivity (Wildman–Crippen MR) is 40.6 cm³/mol. The quantitative estimate of drug-likeness (QED) is 0.474.